The normalized spacial score (nSPS) is 10.8. The Bertz CT molecular complexity index is 726. The number of nitrogens with zero attached hydrogens (tertiary/aromatic N) is 2. The van der Waals surface area contributed by atoms with Crippen molar-refractivity contribution in [1.29, 1.82) is 0 Å². The molecule has 0 saturated carbocycles. The van der Waals surface area contributed by atoms with E-state index in [1.165, 1.54) is 0 Å². The summed E-state index contributed by atoms with van der Waals surface area (Å²) in [6.45, 7) is 0. The van der Waals surface area contributed by atoms with E-state index >= 15 is 0 Å². The van der Waals surface area contributed by atoms with Gasteiger partial charge in [-0.15, -0.1) is 10.2 Å². The fraction of sp³-hybridized carbons (Fsp3) is 0. The van der Waals surface area contributed by atoms with Gasteiger partial charge in [0.25, 0.3) is 0 Å². The zero-order valence-corrected chi connectivity index (χ0v) is 10.8. The van der Waals surface area contributed by atoms with Gasteiger partial charge in [0.15, 0.2) is 5.15 Å². The van der Waals surface area contributed by atoms with Crippen LogP contribution in [0.2, 0.25) is 10.2 Å². The largest absolute Gasteiger partial charge is 0.159 e. The van der Waals surface area contributed by atoms with Crippen molar-refractivity contribution in [2.45, 2.75) is 0 Å². The molecule has 0 aliphatic rings. The molecule has 2 nitrogen and oxygen atoms in total. The molecular formula is C14H8Cl2N2. The van der Waals surface area contributed by atoms with E-state index in [2.05, 4.69) is 10.2 Å². The number of hydrogen-bond acceptors (Lipinski definition) is 2. The van der Waals surface area contributed by atoms with Gasteiger partial charge in [0.05, 0.1) is 0 Å². The topological polar surface area (TPSA) is 25.8 Å². The second-order valence-electron chi connectivity index (χ2n) is 3.90. The summed E-state index contributed by atoms with van der Waals surface area (Å²) in [6.07, 6.45) is 0. The molecule has 0 N–H and O–H groups in total. The lowest BCUT2D eigenvalue weighted by atomic mass is 10.1. The molecule has 18 heavy (non-hydrogen) atoms. The van der Waals surface area contributed by atoms with Crippen LogP contribution in [0.15, 0.2) is 48.5 Å². The molecule has 3 aromatic rings. The fourth-order valence-electron chi connectivity index (χ4n) is 1.92. The summed E-state index contributed by atoms with van der Waals surface area (Å²) < 4.78 is 0. The summed E-state index contributed by atoms with van der Waals surface area (Å²) in [6, 6.07) is 15.3. The van der Waals surface area contributed by atoms with E-state index in [1.807, 2.05) is 48.5 Å². The molecule has 1 aromatic heterocycles. The summed E-state index contributed by atoms with van der Waals surface area (Å²) in [5.41, 5.74) is 1.72. The van der Waals surface area contributed by atoms with Gasteiger partial charge in [0, 0.05) is 21.4 Å². The zero-order chi connectivity index (χ0) is 12.5. The van der Waals surface area contributed by atoms with Crippen LogP contribution < -0.4 is 0 Å². The number of aromatic nitrogens is 2. The van der Waals surface area contributed by atoms with Crippen LogP contribution in [-0.2, 0) is 0 Å². The molecule has 0 atom stereocenters. The third-order valence-corrected chi connectivity index (χ3v) is 3.25. The van der Waals surface area contributed by atoms with Gasteiger partial charge in [0.1, 0.15) is 5.69 Å². The molecule has 0 spiro atoms. The molecule has 0 saturated heterocycles. The van der Waals surface area contributed by atoms with Crippen molar-refractivity contribution in [3.8, 4) is 11.3 Å². The van der Waals surface area contributed by atoms with Crippen LogP contribution in [0.5, 0.6) is 0 Å². The van der Waals surface area contributed by atoms with Crippen LogP contribution >= 0.6 is 23.2 Å². The van der Waals surface area contributed by atoms with E-state index < -0.39 is 0 Å². The molecule has 0 unspecified atom stereocenters. The minimum Gasteiger partial charge on any atom is -0.148 e. The van der Waals surface area contributed by atoms with Crippen LogP contribution in [0.1, 0.15) is 0 Å². The predicted molar refractivity (Wildman–Crippen MR) is 75.0 cm³/mol. The minimum absolute atomic E-state index is 0.413. The summed E-state index contributed by atoms with van der Waals surface area (Å²) >= 11 is 12.1. The summed E-state index contributed by atoms with van der Waals surface area (Å²) in [4.78, 5) is 0. The van der Waals surface area contributed by atoms with Crippen molar-refractivity contribution in [2.75, 3.05) is 0 Å². The Morgan fingerprint density at radius 3 is 2.33 bits per heavy atom. The van der Waals surface area contributed by atoms with Gasteiger partial charge in [-0.05, 0) is 12.1 Å². The monoisotopic (exact) mass is 274 g/mol. The van der Waals surface area contributed by atoms with Crippen molar-refractivity contribution >= 4 is 34.0 Å². The second kappa shape index (κ2) is 4.56. The first-order valence-corrected chi connectivity index (χ1v) is 6.18. The lowest BCUT2D eigenvalue weighted by Gasteiger charge is -2.06. The van der Waals surface area contributed by atoms with E-state index in [0.29, 0.717) is 10.2 Å². The third kappa shape index (κ3) is 1.94. The number of halogens is 2. The highest BCUT2D eigenvalue weighted by Crippen LogP contribution is 2.30. The fourth-order valence-corrected chi connectivity index (χ4v) is 2.31. The average molecular weight is 275 g/mol. The first-order chi connectivity index (χ1) is 8.75. The molecule has 0 radical (unpaired) electrons. The Labute approximate surface area is 114 Å². The SMILES string of the molecule is Clc1cccc(-c2nnc(Cl)c3ccccc23)c1. The number of benzene rings is 2. The standard InChI is InChI=1S/C14H8Cl2N2/c15-10-5-3-4-9(8-10)13-11-6-1-2-7-12(11)14(16)18-17-13/h1-8H. The minimum atomic E-state index is 0.413. The lowest BCUT2D eigenvalue weighted by Crippen LogP contribution is -1.91. The molecule has 2 aromatic carbocycles. The van der Waals surface area contributed by atoms with Gasteiger partial charge in [0.2, 0.25) is 0 Å². The van der Waals surface area contributed by atoms with E-state index in [9.17, 15) is 0 Å². The van der Waals surface area contributed by atoms with Crippen LogP contribution in [0.4, 0.5) is 0 Å². The van der Waals surface area contributed by atoms with Gasteiger partial charge >= 0.3 is 0 Å². The van der Waals surface area contributed by atoms with E-state index in [4.69, 9.17) is 23.2 Å². The third-order valence-electron chi connectivity index (χ3n) is 2.74. The van der Waals surface area contributed by atoms with Crippen molar-refractivity contribution < 1.29 is 0 Å². The van der Waals surface area contributed by atoms with Crippen molar-refractivity contribution in [1.82, 2.24) is 10.2 Å². The Kier molecular flexibility index (Phi) is 2.90. The first-order valence-electron chi connectivity index (χ1n) is 5.42. The Hall–Kier alpha value is -1.64. The van der Waals surface area contributed by atoms with Crippen LogP contribution in [0.3, 0.4) is 0 Å². The maximum absolute atomic E-state index is 6.05. The highest BCUT2D eigenvalue weighted by Gasteiger charge is 2.09. The first kappa shape index (κ1) is 11.5. The Morgan fingerprint density at radius 1 is 0.778 bits per heavy atom. The van der Waals surface area contributed by atoms with E-state index in [1.54, 1.807) is 0 Å². The van der Waals surface area contributed by atoms with Crippen LogP contribution in [0.25, 0.3) is 22.0 Å². The molecule has 0 aliphatic carbocycles. The molecule has 4 heteroatoms. The number of rotatable bonds is 1. The Morgan fingerprint density at radius 2 is 1.56 bits per heavy atom. The molecular weight excluding hydrogens is 267 g/mol. The van der Waals surface area contributed by atoms with E-state index in [-0.39, 0.29) is 0 Å². The lowest BCUT2D eigenvalue weighted by molar-refractivity contribution is 1.06. The van der Waals surface area contributed by atoms with Crippen LogP contribution in [0, 0.1) is 0 Å². The number of fused-ring (bicyclic) bond motifs is 1. The summed E-state index contributed by atoms with van der Waals surface area (Å²) in [5, 5.41) is 11.1. The van der Waals surface area contributed by atoms with Crippen LogP contribution in [-0.4, -0.2) is 10.2 Å². The number of hydrogen-bond donors (Lipinski definition) is 0. The molecule has 3 rings (SSSR count). The van der Waals surface area contributed by atoms with Gasteiger partial charge < -0.3 is 0 Å². The Balaban J connectivity index is 2.33. The van der Waals surface area contributed by atoms with Gasteiger partial charge in [-0.25, -0.2) is 0 Å². The van der Waals surface area contributed by atoms with Gasteiger partial charge in [-0.3, -0.25) is 0 Å². The quantitative estimate of drug-likeness (QED) is 0.648. The summed E-state index contributed by atoms with van der Waals surface area (Å²) in [5.74, 6) is 0. The molecule has 0 aliphatic heterocycles. The molecule has 0 amide bonds. The van der Waals surface area contributed by atoms with Gasteiger partial charge in [-0.1, -0.05) is 59.6 Å². The average Bonchev–Trinajstić information content (AvgIpc) is 2.39. The molecule has 0 bridgehead atoms. The molecule has 0 fully saturated rings. The molecule has 88 valence electrons. The van der Waals surface area contributed by atoms with Gasteiger partial charge in [-0.2, -0.15) is 0 Å². The highest BCUT2D eigenvalue weighted by atomic mass is 35.5. The van der Waals surface area contributed by atoms with E-state index in [0.717, 1.165) is 22.0 Å². The summed E-state index contributed by atoms with van der Waals surface area (Å²) in [7, 11) is 0. The maximum Gasteiger partial charge on any atom is 0.159 e. The molecule has 1 heterocycles. The van der Waals surface area contributed by atoms with Crippen molar-refractivity contribution in [2.24, 2.45) is 0 Å². The highest BCUT2D eigenvalue weighted by molar-refractivity contribution is 6.34. The van der Waals surface area contributed by atoms with Crippen molar-refractivity contribution in [3.63, 3.8) is 0 Å². The second-order valence-corrected chi connectivity index (χ2v) is 4.69. The maximum atomic E-state index is 6.05. The smallest absolute Gasteiger partial charge is 0.148 e. The predicted octanol–water partition coefficient (Wildman–Crippen LogP) is 4.60. The zero-order valence-electron chi connectivity index (χ0n) is 9.27. The van der Waals surface area contributed by atoms with Crippen molar-refractivity contribution in [3.05, 3.63) is 58.7 Å².